The topological polar surface area (TPSA) is 26.0 Å². The second-order valence-corrected chi connectivity index (χ2v) is 5.04. The zero-order chi connectivity index (χ0) is 11.4. The lowest BCUT2D eigenvalue weighted by molar-refractivity contribution is 0.464. The fourth-order valence-electron chi connectivity index (χ4n) is 1.39. The molecule has 84 valence electrons. The van der Waals surface area contributed by atoms with Crippen LogP contribution < -0.4 is 5.73 Å². The van der Waals surface area contributed by atoms with E-state index in [1.165, 1.54) is 6.07 Å². The summed E-state index contributed by atoms with van der Waals surface area (Å²) < 4.78 is 13.9. The molecule has 1 unspecified atom stereocenters. The molecule has 1 rings (SSSR count). The molecule has 0 heterocycles. The average Bonchev–Trinajstić information content (AvgIpc) is 2.18. The quantitative estimate of drug-likeness (QED) is 0.893. The van der Waals surface area contributed by atoms with Crippen molar-refractivity contribution in [2.24, 2.45) is 11.7 Å². The summed E-state index contributed by atoms with van der Waals surface area (Å²) in [6.07, 6.45) is 1.71. The second-order valence-electron chi connectivity index (χ2n) is 4.18. The Bertz CT molecular complexity index is 325. The largest absolute Gasteiger partial charge is 0.327 e. The van der Waals surface area contributed by atoms with Crippen molar-refractivity contribution in [2.45, 2.75) is 32.7 Å². The van der Waals surface area contributed by atoms with E-state index in [1.807, 2.05) is 0 Å². The first-order chi connectivity index (χ1) is 7.00. The number of benzene rings is 1. The maximum Gasteiger partial charge on any atom is 0.123 e. The first-order valence-electron chi connectivity index (χ1n) is 5.20. The van der Waals surface area contributed by atoms with Crippen LogP contribution in [0, 0.1) is 11.7 Å². The molecule has 1 aromatic carbocycles. The summed E-state index contributed by atoms with van der Waals surface area (Å²) in [6.45, 7) is 4.20. The molecule has 0 bridgehead atoms. The van der Waals surface area contributed by atoms with E-state index in [0.29, 0.717) is 5.92 Å². The molecule has 0 aliphatic heterocycles. The molecule has 0 amide bonds. The van der Waals surface area contributed by atoms with Crippen LogP contribution in [-0.2, 0) is 6.42 Å². The summed E-state index contributed by atoms with van der Waals surface area (Å²) in [4.78, 5) is 0. The van der Waals surface area contributed by atoms with Gasteiger partial charge in [0, 0.05) is 10.5 Å². The van der Waals surface area contributed by atoms with Crippen LogP contribution in [0.4, 0.5) is 4.39 Å². The van der Waals surface area contributed by atoms with Gasteiger partial charge in [0.25, 0.3) is 0 Å². The Labute approximate surface area is 99.0 Å². The third-order valence-corrected chi connectivity index (χ3v) is 3.38. The van der Waals surface area contributed by atoms with E-state index < -0.39 is 0 Å². The smallest absolute Gasteiger partial charge is 0.123 e. The van der Waals surface area contributed by atoms with Gasteiger partial charge in [-0.05, 0) is 42.5 Å². The Morgan fingerprint density at radius 1 is 1.40 bits per heavy atom. The van der Waals surface area contributed by atoms with Crippen LogP contribution in [0.15, 0.2) is 22.7 Å². The fourth-order valence-corrected chi connectivity index (χ4v) is 1.84. The third kappa shape index (κ3) is 3.92. The minimum Gasteiger partial charge on any atom is -0.327 e. The summed E-state index contributed by atoms with van der Waals surface area (Å²) in [5.41, 5.74) is 6.94. The average molecular weight is 274 g/mol. The van der Waals surface area contributed by atoms with Crippen molar-refractivity contribution in [3.63, 3.8) is 0 Å². The van der Waals surface area contributed by atoms with E-state index in [0.717, 1.165) is 22.9 Å². The van der Waals surface area contributed by atoms with Crippen LogP contribution in [0.3, 0.4) is 0 Å². The highest BCUT2D eigenvalue weighted by molar-refractivity contribution is 9.10. The maximum atomic E-state index is 13.0. The summed E-state index contributed by atoms with van der Waals surface area (Å²) in [5.74, 6) is 0.281. The zero-order valence-electron chi connectivity index (χ0n) is 9.13. The Morgan fingerprint density at radius 3 is 2.67 bits per heavy atom. The molecule has 0 aliphatic rings. The van der Waals surface area contributed by atoms with E-state index in [4.69, 9.17) is 5.73 Å². The SMILES string of the molecule is CC(C)C(N)CCc1cc(F)ccc1Br. The van der Waals surface area contributed by atoms with Crippen LogP contribution in [0.5, 0.6) is 0 Å². The van der Waals surface area contributed by atoms with E-state index in [9.17, 15) is 4.39 Å². The van der Waals surface area contributed by atoms with E-state index in [1.54, 1.807) is 12.1 Å². The highest BCUT2D eigenvalue weighted by Gasteiger charge is 2.09. The lowest BCUT2D eigenvalue weighted by Gasteiger charge is -2.15. The molecule has 0 spiro atoms. The van der Waals surface area contributed by atoms with Gasteiger partial charge in [-0.2, -0.15) is 0 Å². The third-order valence-electron chi connectivity index (χ3n) is 2.61. The van der Waals surface area contributed by atoms with Gasteiger partial charge in [0.2, 0.25) is 0 Å². The Kier molecular flexibility index (Phi) is 4.74. The van der Waals surface area contributed by atoms with Crippen molar-refractivity contribution < 1.29 is 4.39 Å². The molecule has 3 heteroatoms. The molecule has 0 saturated carbocycles. The van der Waals surface area contributed by atoms with Gasteiger partial charge in [0.15, 0.2) is 0 Å². The lowest BCUT2D eigenvalue weighted by Crippen LogP contribution is -2.26. The number of hydrogen-bond donors (Lipinski definition) is 1. The number of rotatable bonds is 4. The molecule has 1 nitrogen and oxygen atoms in total. The first-order valence-corrected chi connectivity index (χ1v) is 5.99. The molecule has 15 heavy (non-hydrogen) atoms. The Hall–Kier alpha value is -0.410. The molecule has 2 N–H and O–H groups in total. The molecule has 0 radical (unpaired) electrons. The standard InChI is InChI=1S/C12H17BrFN/c1-8(2)12(15)6-3-9-7-10(14)4-5-11(9)13/h4-5,7-8,12H,3,6,15H2,1-2H3. The number of halogens is 2. The Balaban J connectivity index is 2.61. The van der Waals surface area contributed by atoms with Crippen LogP contribution in [-0.4, -0.2) is 6.04 Å². The summed E-state index contributed by atoms with van der Waals surface area (Å²) in [6, 6.07) is 4.94. The van der Waals surface area contributed by atoms with Crippen molar-refractivity contribution in [1.29, 1.82) is 0 Å². The predicted octanol–water partition coefficient (Wildman–Crippen LogP) is 3.50. The number of nitrogens with two attached hydrogens (primary N) is 1. The van der Waals surface area contributed by atoms with Gasteiger partial charge < -0.3 is 5.73 Å². The van der Waals surface area contributed by atoms with Gasteiger partial charge in [-0.1, -0.05) is 29.8 Å². The van der Waals surface area contributed by atoms with Gasteiger partial charge in [-0.15, -0.1) is 0 Å². The Morgan fingerprint density at radius 2 is 2.07 bits per heavy atom. The van der Waals surface area contributed by atoms with Gasteiger partial charge in [0.05, 0.1) is 0 Å². The van der Waals surface area contributed by atoms with Gasteiger partial charge >= 0.3 is 0 Å². The molecule has 0 saturated heterocycles. The summed E-state index contributed by atoms with van der Waals surface area (Å²) >= 11 is 3.41. The lowest BCUT2D eigenvalue weighted by atomic mass is 9.98. The molecule has 0 fully saturated rings. The normalized spacial score (nSPS) is 13.2. The molecule has 0 aromatic heterocycles. The van der Waals surface area contributed by atoms with Gasteiger partial charge in [-0.25, -0.2) is 4.39 Å². The minimum absolute atomic E-state index is 0.181. The van der Waals surface area contributed by atoms with Crippen molar-refractivity contribution in [2.75, 3.05) is 0 Å². The molecular weight excluding hydrogens is 257 g/mol. The van der Waals surface area contributed by atoms with Crippen molar-refractivity contribution in [1.82, 2.24) is 0 Å². The summed E-state index contributed by atoms with van der Waals surface area (Å²) in [5, 5.41) is 0. The van der Waals surface area contributed by atoms with Crippen LogP contribution >= 0.6 is 15.9 Å². The molecule has 0 aliphatic carbocycles. The molecule has 1 atom stereocenters. The first kappa shape index (κ1) is 12.7. The van der Waals surface area contributed by atoms with Crippen molar-refractivity contribution in [3.05, 3.63) is 34.1 Å². The van der Waals surface area contributed by atoms with Crippen LogP contribution in [0.1, 0.15) is 25.8 Å². The predicted molar refractivity (Wildman–Crippen MR) is 65.2 cm³/mol. The molecular formula is C12H17BrFN. The summed E-state index contributed by atoms with van der Waals surface area (Å²) in [7, 11) is 0. The fraction of sp³-hybridized carbons (Fsp3) is 0.500. The monoisotopic (exact) mass is 273 g/mol. The highest BCUT2D eigenvalue weighted by Crippen LogP contribution is 2.20. The zero-order valence-corrected chi connectivity index (χ0v) is 10.7. The van der Waals surface area contributed by atoms with Crippen molar-refractivity contribution in [3.8, 4) is 0 Å². The highest BCUT2D eigenvalue weighted by atomic mass is 79.9. The van der Waals surface area contributed by atoms with Crippen LogP contribution in [0.2, 0.25) is 0 Å². The van der Waals surface area contributed by atoms with Crippen LogP contribution in [0.25, 0.3) is 0 Å². The van der Waals surface area contributed by atoms with E-state index >= 15 is 0 Å². The van der Waals surface area contributed by atoms with Gasteiger partial charge in [0.1, 0.15) is 5.82 Å². The van der Waals surface area contributed by atoms with E-state index in [-0.39, 0.29) is 11.9 Å². The molecule has 1 aromatic rings. The second kappa shape index (κ2) is 5.61. The van der Waals surface area contributed by atoms with Crippen molar-refractivity contribution >= 4 is 15.9 Å². The number of hydrogen-bond acceptors (Lipinski definition) is 1. The number of aryl methyl sites for hydroxylation is 1. The van der Waals surface area contributed by atoms with Gasteiger partial charge in [-0.3, -0.25) is 0 Å². The minimum atomic E-state index is -0.189. The maximum absolute atomic E-state index is 13.0. The van der Waals surface area contributed by atoms with E-state index in [2.05, 4.69) is 29.8 Å².